The number of rotatable bonds is 8. The zero-order valence-electron chi connectivity index (χ0n) is 20.5. The number of ether oxygens (including phenoxy) is 2. The van der Waals surface area contributed by atoms with Gasteiger partial charge in [0.15, 0.2) is 6.61 Å². The van der Waals surface area contributed by atoms with Crippen LogP contribution in [0.3, 0.4) is 0 Å². The molecule has 0 saturated carbocycles. The van der Waals surface area contributed by atoms with Crippen LogP contribution in [-0.4, -0.2) is 24.7 Å². The van der Waals surface area contributed by atoms with E-state index >= 15 is 0 Å². The molecule has 4 aromatic rings. The summed E-state index contributed by atoms with van der Waals surface area (Å²) in [7, 11) is 0. The summed E-state index contributed by atoms with van der Waals surface area (Å²) < 4.78 is 11.3. The molecule has 0 saturated heterocycles. The van der Waals surface area contributed by atoms with Gasteiger partial charge in [-0.3, -0.25) is 4.79 Å². The topological polar surface area (TPSA) is 77.0 Å². The minimum atomic E-state index is -0.471. The zero-order chi connectivity index (χ0) is 25.5. The van der Waals surface area contributed by atoms with Gasteiger partial charge in [0.1, 0.15) is 11.5 Å². The van der Waals surface area contributed by atoms with Gasteiger partial charge in [0.25, 0.3) is 5.91 Å². The van der Waals surface area contributed by atoms with E-state index in [0.717, 1.165) is 16.3 Å². The highest BCUT2D eigenvalue weighted by Gasteiger charge is 2.13. The normalized spacial score (nSPS) is 11.1. The third kappa shape index (κ3) is 6.16. The Bertz CT molecular complexity index is 1390. The van der Waals surface area contributed by atoms with Crippen molar-refractivity contribution in [2.45, 2.75) is 26.7 Å². The molecule has 1 amide bonds. The Kier molecular flexibility index (Phi) is 7.75. The molecule has 0 radical (unpaired) electrons. The van der Waals surface area contributed by atoms with E-state index in [-0.39, 0.29) is 6.61 Å². The standard InChI is InChI=1S/C30H28N2O4/c1-20(2)22-12-15-25(16-13-22)35-19-29(33)32-31-18-27-26-7-5-4-6-23(26)14-17-28(27)36-30(34)24-10-8-21(3)9-11-24/h4-18,20H,19H2,1-3H3,(H,32,33)/b31-18+. The van der Waals surface area contributed by atoms with E-state index in [1.54, 1.807) is 18.2 Å². The van der Waals surface area contributed by atoms with Gasteiger partial charge in [-0.15, -0.1) is 0 Å². The fourth-order valence-corrected chi connectivity index (χ4v) is 3.65. The minimum absolute atomic E-state index is 0.177. The molecule has 0 atom stereocenters. The Balaban J connectivity index is 1.46. The number of fused-ring (bicyclic) bond motifs is 1. The van der Waals surface area contributed by atoms with E-state index < -0.39 is 11.9 Å². The van der Waals surface area contributed by atoms with Crippen molar-refractivity contribution >= 4 is 28.9 Å². The van der Waals surface area contributed by atoms with Crippen LogP contribution in [0.2, 0.25) is 0 Å². The molecule has 0 aliphatic heterocycles. The van der Waals surface area contributed by atoms with E-state index in [2.05, 4.69) is 24.4 Å². The van der Waals surface area contributed by atoms with Crippen LogP contribution >= 0.6 is 0 Å². The molecule has 0 bridgehead atoms. The Hall–Kier alpha value is -4.45. The van der Waals surface area contributed by atoms with E-state index in [9.17, 15) is 9.59 Å². The molecule has 36 heavy (non-hydrogen) atoms. The Morgan fingerprint density at radius 3 is 2.36 bits per heavy atom. The number of hydrogen-bond donors (Lipinski definition) is 1. The second kappa shape index (κ2) is 11.3. The molecule has 0 heterocycles. The number of carbonyl (C=O) groups excluding carboxylic acids is 2. The summed E-state index contributed by atoms with van der Waals surface area (Å²) in [5.74, 6) is 0.502. The number of hydrogen-bond acceptors (Lipinski definition) is 5. The SMILES string of the molecule is Cc1ccc(C(=O)Oc2ccc3ccccc3c2/C=N/NC(=O)COc2ccc(C(C)C)cc2)cc1. The average molecular weight is 481 g/mol. The summed E-state index contributed by atoms with van der Waals surface area (Å²) in [6.45, 7) is 6.01. The highest BCUT2D eigenvalue weighted by Crippen LogP contribution is 2.27. The van der Waals surface area contributed by atoms with E-state index in [0.29, 0.717) is 28.5 Å². The summed E-state index contributed by atoms with van der Waals surface area (Å²) in [5.41, 5.74) is 5.76. The number of carbonyl (C=O) groups is 2. The number of nitrogens with one attached hydrogen (secondary N) is 1. The predicted octanol–water partition coefficient (Wildman–Crippen LogP) is 6.02. The van der Waals surface area contributed by atoms with Gasteiger partial charge in [-0.1, -0.05) is 74.0 Å². The molecule has 182 valence electrons. The second-order valence-electron chi connectivity index (χ2n) is 8.76. The summed E-state index contributed by atoms with van der Waals surface area (Å²) in [4.78, 5) is 25.0. The maximum atomic E-state index is 12.7. The molecule has 0 aliphatic carbocycles. The summed E-state index contributed by atoms with van der Waals surface area (Å²) in [6, 6.07) is 26.1. The smallest absolute Gasteiger partial charge is 0.343 e. The lowest BCUT2D eigenvalue weighted by molar-refractivity contribution is -0.123. The Morgan fingerprint density at radius 1 is 0.917 bits per heavy atom. The molecule has 6 nitrogen and oxygen atoms in total. The Morgan fingerprint density at radius 2 is 1.64 bits per heavy atom. The van der Waals surface area contributed by atoms with E-state index in [1.165, 1.54) is 11.8 Å². The summed E-state index contributed by atoms with van der Waals surface area (Å²) in [5, 5.41) is 5.89. The van der Waals surface area contributed by atoms with E-state index in [1.807, 2.05) is 73.7 Å². The third-order valence-electron chi connectivity index (χ3n) is 5.72. The fraction of sp³-hybridized carbons (Fsp3) is 0.167. The van der Waals surface area contributed by atoms with Crippen molar-refractivity contribution in [1.29, 1.82) is 0 Å². The van der Waals surface area contributed by atoms with Gasteiger partial charge in [0, 0.05) is 5.56 Å². The lowest BCUT2D eigenvalue weighted by Gasteiger charge is -2.11. The number of esters is 1. The van der Waals surface area contributed by atoms with Crippen LogP contribution in [0, 0.1) is 6.92 Å². The van der Waals surface area contributed by atoms with E-state index in [4.69, 9.17) is 9.47 Å². The van der Waals surface area contributed by atoms with Crippen molar-refractivity contribution in [3.63, 3.8) is 0 Å². The largest absolute Gasteiger partial charge is 0.484 e. The van der Waals surface area contributed by atoms with Gasteiger partial charge < -0.3 is 9.47 Å². The number of aryl methyl sites for hydroxylation is 1. The molecule has 4 aromatic carbocycles. The van der Waals surface area contributed by atoms with Gasteiger partial charge in [0.05, 0.1) is 11.8 Å². The highest BCUT2D eigenvalue weighted by atomic mass is 16.5. The number of benzene rings is 4. The lowest BCUT2D eigenvalue weighted by Crippen LogP contribution is -2.24. The van der Waals surface area contributed by atoms with Crippen LogP contribution < -0.4 is 14.9 Å². The number of hydrazone groups is 1. The molecule has 0 spiro atoms. The second-order valence-corrected chi connectivity index (χ2v) is 8.76. The first kappa shape index (κ1) is 24.7. The highest BCUT2D eigenvalue weighted by molar-refractivity contribution is 6.04. The molecule has 4 rings (SSSR count). The minimum Gasteiger partial charge on any atom is -0.484 e. The molecule has 0 fully saturated rings. The first-order valence-electron chi connectivity index (χ1n) is 11.8. The van der Waals surface area contributed by atoms with Crippen LogP contribution in [-0.2, 0) is 4.79 Å². The molecule has 0 aromatic heterocycles. The number of amides is 1. The average Bonchev–Trinajstić information content (AvgIpc) is 2.89. The predicted molar refractivity (Wildman–Crippen MR) is 142 cm³/mol. The first-order valence-corrected chi connectivity index (χ1v) is 11.8. The van der Waals surface area contributed by atoms with Gasteiger partial charge in [-0.05, 0) is 59.5 Å². The maximum absolute atomic E-state index is 12.7. The van der Waals surface area contributed by atoms with Crippen molar-refractivity contribution in [2.24, 2.45) is 5.10 Å². The lowest BCUT2D eigenvalue weighted by atomic mass is 10.0. The van der Waals surface area contributed by atoms with Crippen molar-refractivity contribution in [3.05, 3.63) is 107 Å². The van der Waals surface area contributed by atoms with Gasteiger partial charge in [0.2, 0.25) is 0 Å². The molecule has 6 heteroatoms. The number of nitrogens with zero attached hydrogens (tertiary/aromatic N) is 1. The van der Waals surface area contributed by atoms with Gasteiger partial charge in [-0.25, -0.2) is 10.2 Å². The van der Waals surface area contributed by atoms with Crippen molar-refractivity contribution in [2.75, 3.05) is 6.61 Å². The van der Waals surface area contributed by atoms with Crippen LogP contribution in [0.15, 0.2) is 90.0 Å². The first-order chi connectivity index (χ1) is 17.4. The molecular formula is C30H28N2O4. The quantitative estimate of drug-likeness (QED) is 0.145. The zero-order valence-corrected chi connectivity index (χ0v) is 20.5. The fourth-order valence-electron chi connectivity index (χ4n) is 3.65. The Labute approximate surface area is 210 Å². The van der Waals surface area contributed by atoms with Crippen LogP contribution in [0.25, 0.3) is 10.8 Å². The van der Waals surface area contributed by atoms with Crippen molar-refractivity contribution in [1.82, 2.24) is 5.43 Å². The summed E-state index contributed by atoms with van der Waals surface area (Å²) in [6.07, 6.45) is 1.48. The van der Waals surface area contributed by atoms with Crippen LogP contribution in [0.4, 0.5) is 0 Å². The van der Waals surface area contributed by atoms with Gasteiger partial charge >= 0.3 is 5.97 Å². The monoisotopic (exact) mass is 480 g/mol. The third-order valence-corrected chi connectivity index (χ3v) is 5.72. The van der Waals surface area contributed by atoms with Crippen molar-refractivity contribution < 1.29 is 19.1 Å². The molecule has 0 unspecified atom stereocenters. The molecular weight excluding hydrogens is 452 g/mol. The maximum Gasteiger partial charge on any atom is 0.343 e. The van der Waals surface area contributed by atoms with Gasteiger partial charge in [-0.2, -0.15) is 5.10 Å². The molecule has 0 aliphatic rings. The van der Waals surface area contributed by atoms with Crippen LogP contribution in [0.1, 0.15) is 46.8 Å². The van der Waals surface area contributed by atoms with Crippen LogP contribution in [0.5, 0.6) is 11.5 Å². The molecule has 1 N–H and O–H groups in total. The summed E-state index contributed by atoms with van der Waals surface area (Å²) >= 11 is 0. The van der Waals surface area contributed by atoms with Crippen molar-refractivity contribution in [3.8, 4) is 11.5 Å².